The Balaban J connectivity index is 1.89. The first-order chi connectivity index (χ1) is 12.4. The molecule has 3 rings (SSSR count). The average molecular weight is 373 g/mol. The van der Waals surface area contributed by atoms with Crippen molar-refractivity contribution in [2.45, 2.75) is 35.0 Å². The second-order valence-electron chi connectivity index (χ2n) is 6.39. The summed E-state index contributed by atoms with van der Waals surface area (Å²) in [6, 6.07) is 12.2. The summed E-state index contributed by atoms with van der Waals surface area (Å²) < 4.78 is 19.4. The highest BCUT2D eigenvalue weighted by Gasteiger charge is 2.40. The summed E-state index contributed by atoms with van der Waals surface area (Å²) in [5, 5.41) is 0. The van der Waals surface area contributed by atoms with Crippen molar-refractivity contribution in [2.75, 3.05) is 13.2 Å². The highest BCUT2D eigenvalue weighted by atomic mass is 32.2. The zero-order valence-corrected chi connectivity index (χ0v) is 15.3. The zero-order valence-electron chi connectivity index (χ0n) is 14.5. The molecule has 0 spiro atoms. The molecule has 2 aromatic rings. The smallest absolute Gasteiger partial charge is 0.228 e. The lowest BCUT2D eigenvalue weighted by molar-refractivity contribution is -0.127. The summed E-state index contributed by atoms with van der Waals surface area (Å²) >= 11 is 1.38. The Morgan fingerprint density at radius 1 is 1.12 bits per heavy atom. The van der Waals surface area contributed by atoms with Crippen LogP contribution in [0, 0.1) is 5.82 Å². The molecule has 0 atom stereocenters. The van der Waals surface area contributed by atoms with Crippen LogP contribution in [-0.2, 0) is 14.9 Å². The van der Waals surface area contributed by atoms with Crippen LogP contribution in [0.15, 0.2) is 52.3 Å². The number of ketones is 1. The average Bonchev–Trinajstić information content (AvgIpc) is 2.62. The van der Waals surface area contributed by atoms with Crippen molar-refractivity contribution in [3.63, 3.8) is 0 Å². The molecule has 1 aliphatic heterocycles. The molecule has 2 aromatic carbocycles. The van der Waals surface area contributed by atoms with E-state index in [-0.39, 0.29) is 17.3 Å². The number of benzene rings is 2. The van der Waals surface area contributed by atoms with Crippen molar-refractivity contribution < 1.29 is 18.7 Å². The number of nitrogens with two attached hydrogens (primary N) is 1. The second-order valence-corrected chi connectivity index (χ2v) is 7.53. The third-order valence-corrected chi connectivity index (χ3v) is 5.74. The van der Waals surface area contributed by atoms with E-state index >= 15 is 0 Å². The fourth-order valence-corrected chi connectivity index (χ4v) is 4.14. The molecule has 0 aromatic heterocycles. The molecule has 0 unspecified atom stereocenters. The Morgan fingerprint density at radius 3 is 2.42 bits per heavy atom. The zero-order chi connectivity index (χ0) is 18.7. The Bertz CT molecular complexity index is 847. The number of carbonyl (C=O) groups is 2. The van der Waals surface area contributed by atoms with Gasteiger partial charge in [-0.3, -0.25) is 9.59 Å². The minimum absolute atomic E-state index is 0.0815. The molecule has 1 aliphatic rings. The predicted molar refractivity (Wildman–Crippen MR) is 97.9 cm³/mol. The summed E-state index contributed by atoms with van der Waals surface area (Å²) in [5.74, 6) is -1.18. The van der Waals surface area contributed by atoms with Gasteiger partial charge in [0, 0.05) is 23.0 Å². The maximum atomic E-state index is 14.0. The van der Waals surface area contributed by atoms with Gasteiger partial charge in [0.2, 0.25) is 5.91 Å². The first-order valence-electron chi connectivity index (χ1n) is 8.39. The molecular formula is C20H20FNO3S. The molecule has 1 fully saturated rings. The maximum absolute atomic E-state index is 14.0. The Morgan fingerprint density at radius 2 is 1.81 bits per heavy atom. The summed E-state index contributed by atoms with van der Waals surface area (Å²) in [4.78, 5) is 25.1. The summed E-state index contributed by atoms with van der Waals surface area (Å²) in [6.45, 7) is 2.34. The Kier molecular flexibility index (Phi) is 5.44. The number of amides is 1. The molecule has 4 nitrogen and oxygen atoms in total. The van der Waals surface area contributed by atoms with Gasteiger partial charge in [-0.15, -0.1) is 0 Å². The molecule has 0 bridgehead atoms. The Labute approximate surface area is 155 Å². The van der Waals surface area contributed by atoms with Crippen molar-refractivity contribution >= 4 is 23.5 Å². The third kappa shape index (κ3) is 3.66. The lowest BCUT2D eigenvalue weighted by Gasteiger charge is -2.34. The fraction of sp³-hybridized carbons (Fsp3) is 0.300. The van der Waals surface area contributed by atoms with E-state index in [2.05, 4.69) is 0 Å². The lowest BCUT2D eigenvalue weighted by atomic mass is 9.73. The van der Waals surface area contributed by atoms with Crippen LogP contribution in [0.5, 0.6) is 0 Å². The van der Waals surface area contributed by atoms with E-state index in [1.807, 2.05) is 24.3 Å². The van der Waals surface area contributed by atoms with E-state index in [4.69, 9.17) is 10.5 Å². The van der Waals surface area contributed by atoms with E-state index in [0.717, 1.165) is 10.5 Å². The van der Waals surface area contributed by atoms with Gasteiger partial charge in [0.05, 0.1) is 11.0 Å². The lowest BCUT2D eigenvalue weighted by Crippen LogP contribution is -2.45. The summed E-state index contributed by atoms with van der Waals surface area (Å²) in [5.41, 5.74) is 5.94. The number of rotatable bonds is 5. The van der Waals surface area contributed by atoms with E-state index in [9.17, 15) is 14.0 Å². The molecular weight excluding hydrogens is 353 g/mol. The van der Waals surface area contributed by atoms with E-state index in [0.29, 0.717) is 31.0 Å². The van der Waals surface area contributed by atoms with Crippen LogP contribution in [0.25, 0.3) is 0 Å². The summed E-state index contributed by atoms with van der Waals surface area (Å²) in [7, 11) is 0. The largest absolute Gasteiger partial charge is 0.381 e. The van der Waals surface area contributed by atoms with Gasteiger partial charge in [0.25, 0.3) is 0 Å². The topological polar surface area (TPSA) is 69.4 Å². The highest BCUT2D eigenvalue weighted by Crippen LogP contribution is 2.37. The molecule has 0 aliphatic carbocycles. The number of primary amides is 1. The van der Waals surface area contributed by atoms with Gasteiger partial charge in [0.15, 0.2) is 5.78 Å². The number of carbonyl (C=O) groups excluding carboxylic acids is 2. The highest BCUT2D eigenvalue weighted by molar-refractivity contribution is 7.99. The van der Waals surface area contributed by atoms with Crippen LogP contribution < -0.4 is 5.73 Å². The van der Waals surface area contributed by atoms with Crippen molar-refractivity contribution in [1.29, 1.82) is 0 Å². The number of halogens is 1. The molecule has 1 heterocycles. The molecule has 0 radical (unpaired) electrons. The van der Waals surface area contributed by atoms with Gasteiger partial charge in [-0.05, 0) is 55.7 Å². The number of Topliss-reactive ketones (excluding diaryl/α,β-unsaturated/α-hetero) is 1. The second kappa shape index (κ2) is 7.60. The monoisotopic (exact) mass is 373 g/mol. The van der Waals surface area contributed by atoms with E-state index in [1.54, 1.807) is 6.07 Å². The van der Waals surface area contributed by atoms with Gasteiger partial charge < -0.3 is 10.5 Å². The third-order valence-electron chi connectivity index (χ3n) is 4.76. The van der Waals surface area contributed by atoms with Gasteiger partial charge in [-0.1, -0.05) is 23.9 Å². The van der Waals surface area contributed by atoms with E-state index in [1.165, 1.54) is 30.8 Å². The predicted octanol–water partition coefficient (Wildman–Crippen LogP) is 3.71. The van der Waals surface area contributed by atoms with Crippen molar-refractivity contribution in [2.24, 2.45) is 5.73 Å². The van der Waals surface area contributed by atoms with Crippen molar-refractivity contribution in [3.05, 3.63) is 59.4 Å². The van der Waals surface area contributed by atoms with Crippen molar-refractivity contribution in [1.82, 2.24) is 0 Å². The van der Waals surface area contributed by atoms with Gasteiger partial charge in [-0.2, -0.15) is 0 Å². The van der Waals surface area contributed by atoms with Gasteiger partial charge in [-0.25, -0.2) is 4.39 Å². The fourth-order valence-electron chi connectivity index (χ4n) is 3.24. The normalized spacial score (nSPS) is 16.2. The van der Waals surface area contributed by atoms with Crippen molar-refractivity contribution in [3.8, 4) is 0 Å². The van der Waals surface area contributed by atoms with E-state index < -0.39 is 11.2 Å². The van der Waals surface area contributed by atoms with Crippen LogP contribution in [-0.4, -0.2) is 24.9 Å². The molecule has 136 valence electrons. The molecule has 1 saturated heterocycles. The summed E-state index contributed by atoms with van der Waals surface area (Å²) in [6.07, 6.45) is 1.11. The molecule has 0 saturated carbocycles. The molecule has 26 heavy (non-hydrogen) atoms. The SMILES string of the molecule is CC(=O)c1ccc(Sc2cccc(C3(C(N)=O)CCOCC3)c2)cc1F. The quantitative estimate of drug-likeness (QED) is 0.811. The first kappa shape index (κ1) is 18.6. The van der Waals surface area contributed by atoms with Crippen LogP contribution in [0.1, 0.15) is 35.7 Å². The van der Waals surface area contributed by atoms with Crippen LogP contribution >= 0.6 is 11.8 Å². The van der Waals surface area contributed by atoms with Crippen LogP contribution in [0.3, 0.4) is 0 Å². The van der Waals surface area contributed by atoms with Crippen LogP contribution in [0.4, 0.5) is 4.39 Å². The van der Waals surface area contributed by atoms with Gasteiger partial charge >= 0.3 is 0 Å². The number of ether oxygens (including phenoxy) is 1. The molecule has 2 N–H and O–H groups in total. The van der Waals surface area contributed by atoms with Gasteiger partial charge in [0.1, 0.15) is 5.82 Å². The molecule has 6 heteroatoms. The Hall–Kier alpha value is -2.18. The first-order valence-corrected chi connectivity index (χ1v) is 9.20. The maximum Gasteiger partial charge on any atom is 0.228 e. The molecule has 1 amide bonds. The number of hydrogen-bond donors (Lipinski definition) is 1. The van der Waals surface area contributed by atoms with Crippen LogP contribution in [0.2, 0.25) is 0 Å². The number of hydrogen-bond acceptors (Lipinski definition) is 4. The standard InChI is InChI=1S/C20H20FNO3S/c1-13(23)17-6-5-16(12-18(17)21)26-15-4-2-3-14(11-15)20(19(22)24)7-9-25-10-8-20/h2-6,11-12H,7-10H2,1H3,(H2,22,24). The minimum atomic E-state index is -0.724. The minimum Gasteiger partial charge on any atom is -0.381 e.